The van der Waals surface area contributed by atoms with Crippen LogP contribution in [0.1, 0.15) is 30.5 Å². The number of ether oxygens (including phenoxy) is 1. The van der Waals surface area contributed by atoms with Crippen molar-refractivity contribution in [3.8, 4) is 5.75 Å². The first kappa shape index (κ1) is 26.3. The summed E-state index contributed by atoms with van der Waals surface area (Å²) in [4.78, 5) is 28.6. The summed E-state index contributed by atoms with van der Waals surface area (Å²) in [5, 5.41) is 3.45. The number of para-hydroxylation sites is 1. The average Bonchev–Trinajstić information content (AvgIpc) is 2.85. The Morgan fingerprint density at radius 2 is 1.57 bits per heavy atom. The number of hydrogen-bond acceptors (Lipinski definition) is 3. The summed E-state index contributed by atoms with van der Waals surface area (Å²) in [6, 6.07) is 24.1. The molecular formula is C29H33ClN2O3. The molecule has 0 aliphatic rings. The predicted octanol–water partition coefficient (Wildman–Crippen LogP) is 5.44. The van der Waals surface area contributed by atoms with Gasteiger partial charge in [-0.15, -0.1) is 0 Å². The van der Waals surface area contributed by atoms with Crippen molar-refractivity contribution in [2.45, 2.75) is 39.8 Å². The normalized spacial score (nSPS) is 11.7. The summed E-state index contributed by atoms with van der Waals surface area (Å²) < 4.78 is 5.76. The molecule has 0 fully saturated rings. The highest BCUT2D eigenvalue weighted by Crippen LogP contribution is 2.23. The molecule has 1 atom stereocenters. The third-order valence-corrected chi connectivity index (χ3v) is 5.93. The highest BCUT2D eigenvalue weighted by molar-refractivity contribution is 6.32. The number of carbonyl (C=O) groups excluding carboxylic acids is 2. The molecule has 0 aromatic heterocycles. The summed E-state index contributed by atoms with van der Waals surface area (Å²) in [6.07, 6.45) is 0.397. The molecule has 35 heavy (non-hydrogen) atoms. The van der Waals surface area contributed by atoms with Crippen molar-refractivity contribution >= 4 is 23.4 Å². The standard InChI is InChI=1S/C29H33ClN2O3/c1-21(2)18-31-29(34)26(17-23-9-5-4-6-10-23)32(19-24-15-13-22(3)14-16-24)28(33)20-35-27-12-8-7-11-25(27)30/h4-16,21,26H,17-20H2,1-3H3,(H,31,34). The Balaban J connectivity index is 1.90. The minimum atomic E-state index is -0.695. The van der Waals surface area contributed by atoms with E-state index in [1.807, 2.05) is 75.4 Å². The van der Waals surface area contributed by atoms with Crippen molar-refractivity contribution in [2.75, 3.05) is 13.2 Å². The lowest BCUT2D eigenvalue weighted by molar-refractivity contribution is -0.142. The topological polar surface area (TPSA) is 58.6 Å². The Kier molecular flexibility index (Phi) is 9.74. The van der Waals surface area contributed by atoms with Crippen molar-refractivity contribution in [3.05, 3.63) is 101 Å². The quantitative estimate of drug-likeness (QED) is 0.387. The van der Waals surface area contributed by atoms with E-state index in [9.17, 15) is 9.59 Å². The molecule has 1 N–H and O–H groups in total. The van der Waals surface area contributed by atoms with Crippen LogP contribution in [0.4, 0.5) is 0 Å². The van der Waals surface area contributed by atoms with Crippen LogP contribution in [0.25, 0.3) is 0 Å². The molecule has 184 valence electrons. The van der Waals surface area contributed by atoms with Gasteiger partial charge >= 0.3 is 0 Å². The number of rotatable bonds is 11. The molecular weight excluding hydrogens is 460 g/mol. The van der Waals surface area contributed by atoms with Crippen molar-refractivity contribution in [2.24, 2.45) is 5.92 Å². The maximum absolute atomic E-state index is 13.6. The number of benzene rings is 3. The van der Waals surface area contributed by atoms with Crippen LogP contribution in [0.5, 0.6) is 5.75 Å². The van der Waals surface area contributed by atoms with E-state index in [1.54, 1.807) is 29.2 Å². The summed E-state index contributed by atoms with van der Waals surface area (Å²) in [6.45, 7) is 6.70. The first-order valence-electron chi connectivity index (χ1n) is 11.9. The fraction of sp³-hybridized carbons (Fsp3) is 0.310. The molecule has 0 aliphatic heterocycles. The van der Waals surface area contributed by atoms with Gasteiger partial charge in [-0.1, -0.05) is 97.7 Å². The van der Waals surface area contributed by atoms with Gasteiger partial charge in [-0.3, -0.25) is 9.59 Å². The smallest absolute Gasteiger partial charge is 0.261 e. The molecule has 0 saturated carbocycles. The van der Waals surface area contributed by atoms with Gasteiger partial charge in [-0.2, -0.15) is 0 Å². The number of carbonyl (C=O) groups is 2. The fourth-order valence-electron chi connectivity index (χ4n) is 3.65. The molecule has 3 rings (SSSR count). The van der Waals surface area contributed by atoms with Crippen molar-refractivity contribution in [3.63, 3.8) is 0 Å². The number of nitrogens with one attached hydrogen (secondary N) is 1. The maximum Gasteiger partial charge on any atom is 0.261 e. The predicted molar refractivity (Wildman–Crippen MR) is 140 cm³/mol. The number of hydrogen-bond donors (Lipinski definition) is 1. The Hall–Kier alpha value is -3.31. The highest BCUT2D eigenvalue weighted by atomic mass is 35.5. The second-order valence-electron chi connectivity index (χ2n) is 9.07. The van der Waals surface area contributed by atoms with Crippen LogP contribution in [-0.2, 0) is 22.6 Å². The minimum Gasteiger partial charge on any atom is -0.482 e. The number of halogens is 1. The average molecular weight is 493 g/mol. The number of nitrogens with zero attached hydrogens (tertiary/aromatic N) is 1. The molecule has 0 aliphatic carbocycles. The molecule has 6 heteroatoms. The van der Waals surface area contributed by atoms with Crippen LogP contribution in [0.3, 0.4) is 0 Å². The highest BCUT2D eigenvalue weighted by Gasteiger charge is 2.30. The zero-order valence-electron chi connectivity index (χ0n) is 20.5. The van der Waals surface area contributed by atoms with E-state index in [-0.39, 0.29) is 25.0 Å². The largest absolute Gasteiger partial charge is 0.482 e. The zero-order chi connectivity index (χ0) is 25.2. The molecule has 2 amide bonds. The first-order chi connectivity index (χ1) is 16.8. The zero-order valence-corrected chi connectivity index (χ0v) is 21.3. The van der Waals surface area contributed by atoms with Crippen LogP contribution >= 0.6 is 11.6 Å². The van der Waals surface area contributed by atoms with Crippen LogP contribution < -0.4 is 10.1 Å². The molecule has 1 unspecified atom stereocenters. The lowest BCUT2D eigenvalue weighted by atomic mass is 10.0. The van der Waals surface area contributed by atoms with Crippen molar-refractivity contribution in [1.29, 1.82) is 0 Å². The van der Waals surface area contributed by atoms with Crippen LogP contribution in [0.15, 0.2) is 78.9 Å². The molecule has 0 saturated heterocycles. The van der Waals surface area contributed by atoms with Gasteiger partial charge in [0.05, 0.1) is 5.02 Å². The third kappa shape index (κ3) is 8.15. The van der Waals surface area contributed by atoms with E-state index in [2.05, 4.69) is 5.32 Å². The lowest BCUT2D eigenvalue weighted by Gasteiger charge is -2.31. The van der Waals surface area contributed by atoms with Crippen LogP contribution in [-0.4, -0.2) is 35.9 Å². The molecule has 0 bridgehead atoms. The summed E-state index contributed by atoms with van der Waals surface area (Å²) >= 11 is 6.21. The van der Waals surface area contributed by atoms with Crippen LogP contribution in [0.2, 0.25) is 5.02 Å². The van der Waals surface area contributed by atoms with Gasteiger partial charge in [-0.05, 0) is 36.1 Å². The van der Waals surface area contributed by atoms with Crippen molar-refractivity contribution in [1.82, 2.24) is 10.2 Å². The number of amides is 2. The molecule has 3 aromatic rings. The maximum atomic E-state index is 13.6. The molecule has 0 radical (unpaired) electrons. The van der Waals surface area contributed by atoms with Gasteiger partial charge < -0.3 is 15.0 Å². The van der Waals surface area contributed by atoms with E-state index in [0.29, 0.717) is 29.7 Å². The Labute approximate surface area is 213 Å². The van der Waals surface area contributed by atoms with Gasteiger partial charge in [0.2, 0.25) is 5.91 Å². The van der Waals surface area contributed by atoms with E-state index < -0.39 is 6.04 Å². The van der Waals surface area contributed by atoms with Gasteiger partial charge in [-0.25, -0.2) is 0 Å². The van der Waals surface area contributed by atoms with E-state index >= 15 is 0 Å². The second kappa shape index (κ2) is 13.0. The molecule has 0 spiro atoms. The van der Waals surface area contributed by atoms with E-state index in [4.69, 9.17) is 16.3 Å². The Morgan fingerprint density at radius 3 is 2.23 bits per heavy atom. The van der Waals surface area contributed by atoms with Crippen molar-refractivity contribution < 1.29 is 14.3 Å². The van der Waals surface area contributed by atoms with Gasteiger partial charge in [0.1, 0.15) is 11.8 Å². The monoisotopic (exact) mass is 492 g/mol. The molecule has 3 aromatic carbocycles. The number of aryl methyl sites for hydroxylation is 1. The minimum absolute atomic E-state index is 0.180. The third-order valence-electron chi connectivity index (χ3n) is 5.62. The van der Waals surface area contributed by atoms with Gasteiger partial charge in [0.15, 0.2) is 6.61 Å². The lowest BCUT2D eigenvalue weighted by Crippen LogP contribution is -2.52. The second-order valence-corrected chi connectivity index (χ2v) is 9.48. The summed E-state index contributed by atoms with van der Waals surface area (Å²) in [7, 11) is 0. The first-order valence-corrected chi connectivity index (χ1v) is 12.2. The van der Waals surface area contributed by atoms with E-state index in [1.165, 1.54) is 0 Å². The van der Waals surface area contributed by atoms with E-state index in [0.717, 1.165) is 16.7 Å². The molecule has 5 nitrogen and oxygen atoms in total. The fourth-order valence-corrected chi connectivity index (χ4v) is 3.84. The summed E-state index contributed by atoms with van der Waals surface area (Å²) in [5.41, 5.74) is 3.05. The van der Waals surface area contributed by atoms with Gasteiger partial charge in [0, 0.05) is 19.5 Å². The SMILES string of the molecule is Cc1ccc(CN(C(=O)COc2ccccc2Cl)C(Cc2ccccc2)C(=O)NCC(C)C)cc1. The molecule has 0 heterocycles. The Morgan fingerprint density at radius 1 is 0.914 bits per heavy atom. The summed E-state index contributed by atoms with van der Waals surface area (Å²) in [5.74, 6) is 0.259. The van der Waals surface area contributed by atoms with Gasteiger partial charge in [0.25, 0.3) is 5.91 Å². The Bertz CT molecular complexity index is 1100. The van der Waals surface area contributed by atoms with Crippen LogP contribution in [0, 0.1) is 12.8 Å².